The molecule has 0 bridgehead atoms. The van der Waals surface area contributed by atoms with Crippen LogP contribution in [-0.2, 0) is 11.3 Å². The van der Waals surface area contributed by atoms with Gasteiger partial charge in [-0.2, -0.15) is 0 Å². The van der Waals surface area contributed by atoms with Crippen LogP contribution in [0.3, 0.4) is 0 Å². The smallest absolute Gasteiger partial charge is 0.315 e. The maximum absolute atomic E-state index is 12.1. The van der Waals surface area contributed by atoms with Gasteiger partial charge in [0.15, 0.2) is 0 Å². The number of carbonyl (C=O) groups is 2. The van der Waals surface area contributed by atoms with Crippen molar-refractivity contribution in [1.29, 1.82) is 0 Å². The Morgan fingerprint density at radius 2 is 1.77 bits per heavy atom. The van der Waals surface area contributed by atoms with Gasteiger partial charge in [-0.15, -0.1) is 0 Å². The minimum absolute atomic E-state index is 0.0745. The van der Waals surface area contributed by atoms with Gasteiger partial charge < -0.3 is 20.9 Å². The van der Waals surface area contributed by atoms with Crippen LogP contribution in [0.5, 0.6) is 0 Å². The summed E-state index contributed by atoms with van der Waals surface area (Å²) in [5.74, 6) is -0.0745. The van der Waals surface area contributed by atoms with Gasteiger partial charge in [0.2, 0.25) is 5.91 Å². The zero-order valence-electron chi connectivity index (χ0n) is 15.5. The van der Waals surface area contributed by atoms with E-state index in [-0.39, 0.29) is 18.0 Å². The van der Waals surface area contributed by atoms with Gasteiger partial charge in [-0.25, -0.2) is 4.79 Å². The van der Waals surface area contributed by atoms with Crippen LogP contribution in [0.1, 0.15) is 24.1 Å². The minimum atomic E-state index is -0.233. The summed E-state index contributed by atoms with van der Waals surface area (Å²) in [4.78, 5) is 25.7. The first-order valence-electron chi connectivity index (χ1n) is 8.57. The van der Waals surface area contributed by atoms with Crippen molar-refractivity contribution in [3.05, 3.63) is 65.7 Å². The molecule has 3 amide bonds. The first-order chi connectivity index (χ1) is 12.4. The second kappa shape index (κ2) is 9.58. The van der Waals surface area contributed by atoms with Crippen LogP contribution < -0.4 is 16.0 Å². The van der Waals surface area contributed by atoms with E-state index in [0.717, 1.165) is 11.1 Å². The molecule has 3 N–H and O–H groups in total. The Balaban J connectivity index is 1.84. The minimum Gasteiger partial charge on any atom is -0.334 e. The molecule has 0 spiro atoms. The lowest BCUT2D eigenvalue weighted by molar-refractivity contribution is -0.116. The average Bonchev–Trinajstić information content (AvgIpc) is 2.60. The zero-order valence-corrected chi connectivity index (χ0v) is 15.5. The van der Waals surface area contributed by atoms with Crippen LogP contribution in [0, 0.1) is 0 Å². The molecule has 0 radical (unpaired) electrons. The quantitative estimate of drug-likeness (QED) is 0.716. The number of hydrogen-bond donors (Lipinski definition) is 3. The Morgan fingerprint density at radius 3 is 2.46 bits per heavy atom. The molecular formula is C20H26N4O2. The van der Waals surface area contributed by atoms with E-state index in [9.17, 15) is 9.59 Å². The standard InChI is InChI=1S/C20H26N4O2/c1-15(17-9-5-4-6-10-17)22-20(26)21-13-16-8-7-11-18(12-16)23-19(25)14-24(2)3/h4-12,15H,13-14H2,1-3H3,(H,23,25)(H2,21,22,26). The van der Waals surface area contributed by atoms with Gasteiger partial charge in [-0.3, -0.25) is 4.79 Å². The molecule has 1 atom stereocenters. The van der Waals surface area contributed by atoms with E-state index < -0.39 is 0 Å². The van der Waals surface area contributed by atoms with Crippen molar-refractivity contribution in [3.8, 4) is 0 Å². The number of carbonyl (C=O) groups excluding carboxylic acids is 2. The van der Waals surface area contributed by atoms with Gasteiger partial charge in [0.25, 0.3) is 0 Å². The van der Waals surface area contributed by atoms with Crippen molar-refractivity contribution in [3.63, 3.8) is 0 Å². The topological polar surface area (TPSA) is 73.5 Å². The van der Waals surface area contributed by atoms with Gasteiger partial charge in [0.1, 0.15) is 0 Å². The lowest BCUT2D eigenvalue weighted by Gasteiger charge is -2.15. The normalized spacial score (nSPS) is 11.7. The fourth-order valence-corrected chi connectivity index (χ4v) is 2.50. The Kier molecular flexibility index (Phi) is 7.17. The maximum atomic E-state index is 12.1. The third-order valence-electron chi connectivity index (χ3n) is 3.77. The molecule has 6 heteroatoms. The van der Waals surface area contributed by atoms with Gasteiger partial charge in [-0.05, 0) is 44.3 Å². The average molecular weight is 354 g/mol. The molecular weight excluding hydrogens is 328 g/mol. The number of nitrogens with zero attached hydrogens (tertiary/aromatic N) is 1. The second-order valence-corrected chi connectivity index (χ2v) is 6.45. The lowest BCUT2D eigenvalue weighted by Crippen LogP contribution is -2.36. The predicted octanol–water partition coefficient (Wildman–Crippen LogP) is 2.75. The summed E-state index contributed by atoms with van der Waals surface area (Å²) in [6.45, 7) is 2.64. The molecule has 26 heavy (non-hydrogen) atoms. The van der Waals surface area contributed by atoms with Crippen LogP contribution in [-0.4, -0.2) is 37.5 Å². The monoisotopic (exact) mass is 354 g/mol. The largest absolute Gasteiger partial charge is 0.334 e. The van der Waals surface area contributed by atoms with Gasteiger partial charge in [0, 0.05) is 12.2 Å². The molecule has 2 rings (SSSR count). The Bertz CT molecular complexity index is 732. The van der Waals surface area contributed by atoms with Crippen molar-refractivity contribution in [2.75, 3.05) is 26.0 Å². The maximum Gasteiger partial charge on any atom is 0.315 e. The molecule has 0 aliphatic carbocycles. The van der Waals surface area contributed by atoms with Crippen LogP contribution in [0.25, 0.3) is 0 Å². The van der Waals surface area contributed by atoms with E-state index in [1.807, 2.05) is 75.6 Å². The molecule has 2 aromatic carbocycles. The zero-order chi connectivity index (χ0) is 18.9. The molecule has 0 heterocycles. The van der Waals surface area contributed by atoms with E-state index in [4.69, 9.17) is 0 Å². The highest BCUT2D eigenvalue weighted by atomic mass is 16.2. The van der Waals surface area contributed by atoms with Crippen LogP contribution in [0.2, 0.25) is 0 Å². The lowest BCUT2D eigenvalue weighted by atomic mass is 10.1. The van der Waals surface area contributed by atoms with E-state index >= 15 is 0 Å². The number of hydrogen-bond acceptors (Lipinski definition) is 3. The highest BCUT2D eigenvalue weighted by Gasteiger charge is 2.09. The van der Waals surface area contributed by atoms with Crippen LogP contribution in [0.4, 0.5) is 10.5 Å². The van der Waals surface area contributed by atoms with Crippen LogP contribution >= 0.6 is 0 Å². The molecule has 138 valence electrons. The van der Waals surface area contributed by atoms with E-state index in [1.165, 1.54) is 0 Å². The summed E-state index contributed by atoms with van der Waals surface area (Å²) >= 11 is 0. The van der Waals surface area contributed by atoms with Crippen LogP contribution in [0.15, 0.2) is 54.6 Å². The SMILES string of the molecule is CC(NC(=O)NCc1cccc(NC(=O)CN(C)C)c1)c1ccccc1. The summed E-state index contributed by atoms with van der Waals surface area (Å²) in [5, 5.41) is 8.60. The number of anilines is 1. The molecule has 0 aliphatic heterocycles. The number of nitrogens with one attached hydrogen (secondary N) is 3. The fourth-order valence-electron chi connectivity index (χ4n) is 2.50. The Labute approximate surface area is 154 Å². The first kappa shape index (κ1) is 19.5. The Morgan fingerprint density at radius 1 is 1.04 bits per heavy atom. The summed E-state index contributed by atoms with van der Waals surface area (Å²) in [7, 11) is 3.68. The Hall–Kier alpha value is -2.86. The van der Waals surface area contributed by atoms with Crippen molar-refractivity contribution in [1.82, 2.24) is 15.5 Å². The number of urea groups is 1. The van der Waals surface area contributed by atoms with E-state index in [2.05, 4.69) is 16.0 Å². The van der Waals surface area contributed by atoms with Gasteiger partial charge in [-0.1, -0.05) is 42.5 Å². The number of likely N-dealkylation sites (N-methyl/N-ethyl adjacent to an activating group) is 1. The summed E-state index contributed by atoms with van der Waals surface area (Å²) < 4.78 is 0. The third-order valence-corrected chi connectivity index (χ3v) is 3.77. The second-order valence-electron chi connectivity index (χ2n) is 6.45. The van der Waals surface area contributed by atoms with E-state index in [0.29, 0.717) is 18.8 Å². The summed E-state index contributed by atoms with van der Waals surface area (Å²) in [6.07, 6.45) is 0. The van der Waals surface area contributed by atoms with Crippen molar-refractivity contribution < 1.29 is 9.59 Å². The number of rotatable bonds is 7. The molecule has 0 aromatic heterocycles. The van der Waals surface area contributed by atoms with Crippen molar-refractivity contribution >= 4 is 17.6 Å². The van der Waals surface area contributed by atoms with E-state index in [1.54, 1.807) is 4.90 Å². The molecule has 0 fully saturated rings. The fraction of sp³-hybridized carbons (Fsp3) is 0.300. The summed E-state index contributed by atoms with van der Waals surface area (Å²) in [5.41, 5.74) is 2.68. The predicted molar refractivity (Wildman–Crippen MR) is 104 cm³/mol. The molecule has 2 aromatic rings. The third kappa shape index (κ3) is 6.57. The highest BCUT2D eigenvalue weighted by Crippen LogP contribution is 2.12. The molecule has 0 saturated heterocycles. The molecule has 0 aliphatic rings. The number of amides is 3. The first-order valence-corrected chi connectivity index (χ1v) is 8.57. The molecule has 1 unspecified atom stereocenters. The van der Waals surface area contributed by atoms with Gasteiger partial charge >= 0.3 is 6.03 Å². The molecule has 6 nitrogen and oxygen atoms in total. The highest BCUT2D eigenvalue weighted by molar-refractivity contribution is 5.92. The van der Waals surface area contributed by atoms with Crippen molar-refractivity contribution in [2.45, 2.75) is 19.5 Å². The summed E-state index contributed by atoms with van der Waals surface area (Å²) in [6, 6.07) is 16.9. The van der Waals surface area contributed by atoms with Crippen molar-refractivity contribution in [2.24, 2.45) is 0 Å². The number of benzene rings is 2. The molecule has 0 saturated carbocycles. The van der Waals surface area contributed by atoms with Gasteiger partial charge in [0.05, 0.1) is 12.6 Å².